The summed E-state index contributed by atoms with van der Waals surface area (Å²) in [5.74, 6) is 0.369. The van der Waals surface area contributed by atoms with Crippen molar-refractivity contribution >= 4 is 17.9 Å². The van der Waals surface area contributed by atoms with Gasteiger partial charge in [0.2, 0.25) is 5.89 Å². The van der Waals surface area contributed by atoms with Gasteiger partial charge in [-0.25, -0.2) is 5.10 Å². The zero-order chi connectivity index (χ0) is 12.4. The first-order chi connectivity index (χ1) is 8.11. The Morgan fingerprint density at radius 2 is 2.35 bits per heavy atom. The maximum absolute atomic E-state index is 10.8. The van der Waals surface area contributed by atoms with Crippen LogP contribution in [0.4, 0.5) is 5.69 Å². The first-order valence-corrected chi connectivity index (χ1v) is 4.91. The van der Waals surface area contributed by atoms with E-state index in [1.165, 1.54) is 19.2 Å². The van der Waals surface area contributed by atoms with Gasteiger partial charge < -0.3 is 9.15 Å². The van der Waals surface area contributed by atoms with Gasteiger partial charge in [0.05, 0.1) is 12.0 Å². The monoisotopic (exact) mass is 253 g/mol. The lowest BCUT2D eigenvalue weighted by Gasteiger charge is -2.01. The summed E-state index contributed by atoms with van der Waals surface area (Å²) < 4.78 is 9.94. The highest BCUT2D eigenvalue weighted by atomic mass is 32.1. The Morgan fingerprint density at radius 3 is 2.88 bits per heavy atom. The van der Waals surface area contributed by atoms with Gasteiger partial charge in [0.25, 0.3) is 4.84 Å². The highest BCUT2D eigenvalue weighted by molar-refractivity contribution is 7.71. The first kappa shape index (κ1) is 11.3. The Kier molecular flexibility index (Phi) is 2.88. The third kappa shape index (κ3) is 2.16. The number of benzene rings is 1. The fraction of sp³-hybridized carbons (Fsp3) is 0.111. The quantitative estimate of drug-likeness (QED) is 0.512. The Labute approximate surface area is 100 Å². The molecule has 0 bridgehead atoms. The summed E-state index contributed by atoms with van der Waals surface area (Å²) in [5.41, 5.74) is 0.291. The number of H-pyrrole nitrogens is 1. The van der Waals surface area contributed by atoms with E-state index in [0.717, 1.165) is 0 Å². The van der Waals surface area contributed by atoms with Crippen LogP contribution in [0.15, 0.2) is 22.6 Å². The number of nitro benzene ring substituents is 1. The van der Waals surface area contributed by atoms with E-state index in [9.17, 15) is 10.1 Å². The van der Waals surface area contributed by atoms with Crippen LogP contribution in [-0.4, -0.2) is 22.2 Å². The van der Waals surface area contributed by atoms with Crippen molar-refractivity contribution in [3.05, 3.63) is 33.2 Å². The van der Waals surface area contributed by atoms with E-state index in [4.69, 9.17) is 21.4 Å². The molecule has 1 aromatic heterocycles. The zero-order valence-electron chi connectivity index (χ0n) is 8.67. The van der Waals surface area contributed by atoms with Gasteiger partial charge in [-0.3, -0.25) is 10.1 Å². The molecule has 0 aliphatic heterocycles. The van der Waals surface area contributed by atoms with Gasteiger partial charge in [0.15, 0.2) is 5.75 Å². The van der Waals surface area contributed by atoms with Gasteiger partial charge in [-0.2, -0.15) is 0 Å². The Hall–Kier alpha value is -2.22. The molecule has 1 aromatic carbocycles. The van der Waals surface area contributed by atoms with Crippen molar-refractivity contribution in [1.29, 1.82) is 0 Å². The minimum Gasteiger partial charge on any atom is -0.490 e. The van der Waals surface area contributed by atoms with E-state index < -0.39 is 4.92 Å². The van der Waals surface area contributed by atoms with Crippen LogP contribution in [0.2, 0.25) is 0 Å². The Bertz CT molecular complexity index is 619. The van der Waals surface area contributed by atoms with Crippen LogP contribution in [0.25, 0.3) is 11.5 Å². The molecule has 7 nitrogen and oxygen atoms in total. The summed E-state index contributed by atoms with van der Waals surface area (Å²) in [4.78, 5) is 10.4. The third-order valence-corrected chi connectivity index (χ3v) is 2.24. The van der Waals surface area contributed by atoms with Crippen LogP contribution in [0.1, 0.15) is 0 Å². The van der Waals surface area contributed by atoms with E-state index >= 15 is 0 Å². The number of hydrogen-bond donors (Lipinski definition) is 1. The Balaban J connectivity index is 2.54. The normalized spacial score (nSPS) is 10.2. The third-order valence-electron chi connectivity index (χ3n) is 2.06. The SMILES string of the molecule is COc1ccc(-c2n[nH]c(=S)o2)cc1[N+](=O)[O-]. The van der Waals surface area contributed by atoms with Gasteiger partial charge in [-0.15, -0.1) is 5.10 Å². The van der Waals surface area contributed by atoms with Gasteiger partial charge in [-0.05, 0) is 24.4 Å². The van der Waals surface area contributed by atoms with Crippen molar-refractivity contribution in [3.63, 3.8) is 0 Å². The largest absolute Gasteiger partial charge is 0.490 e. The number of aromatic nitrogens is 2. The molecule has 0 saturated carbocycles. The second-order valence-electron chi connectivity index (χ2n) is 3.06. The lowest BCUT2D eigenvalue weighted by atomic mass is 10.2. The predicted molar refractivity (Wildman–Crippen MR) is 60.3 cm³/mol. The van der Waals surface area contributed by atoms with E-state index in [2.05, 4.69) is 10.2 Å². The van der Waals surface area contributed by atoms with Crippen LogP contribution >= 0.6 is 12.2 Å². The van der Waals surface area contributed by atoms with E-state index in [0.29, 0.717) is 5.56 Å². The molecule has 2 rings (SSSR count). The molecule has 0 spiro atoms. The number of aromatic amines is 1. The number of rotatable bonds is 3. The molecule has 0 fully saturated rings. The first-order valence-electron chi connectivity index (χ1n) is 4.50. The van der Waals surface area contributed by atoms with Crippen molar-refractivity contribution in [3.8, 4) is 17.2 Å². The molecule has 0 unspecified atom stereocenters. The molecule has 0 aliphatic rings. The maximum Gasteiger partial charge on any atom is 0.311 e. The second-order valence-corrected chi connectivity index (χ2v) is 3.43. The molecular formula is C9H7N3O4S. The molecule has 1 heterocycles. The number of nitrogens with one attached hydrogen (secondary N) is 1. The number of hydrogen-bond acceptors (Lipinski definition) is 6. The van der Waals surface area contributed by atoms with Crippen molar-refractivity contribution < 1.29 is 14.1 Å². The van der Waals surface area contributed by atoms with E-state index in [-0.39, 0.29) is 22.2 Å². The Morgan fingerprint density at radius 1 is 1.59 bits per heavy atom. The second kappa shape index (κ2) is 4.34. The smallest absolute Gasteiger partial charge is 0.311 e. The molecule has 2 aromatic rings. The van der Waals surface area contributed by atoms with Gasteiger partial charge in [0, 0.05) is 11.6 Å². The van der Waals surface area contributed by atoms with Crippen molar-refractivity contribution in [2.24, 2.45) is 0 Å². The molecule has 1 N–H and O–H groups in total. The maximum atomic E-state index is 10.8. The van der Waals surface area contributed by atoms with Crippen LogP contribution in [-0.2, 0) is 0 Å². The van der Waals surface area contributed by atoms with Gasteiger partial charge >= 0.3 is 5.69 Å². The summed E-state index contributed by atoms with van der Waals surface area (Å²) in [6.45, 7) is 0. The molecule has 88 valence electrons. The predicted octanol–water partition coefficient (Wildman–Crippen LogP) is 2.32. The number of methoxy groups -OCH3 is 1. The molecule has 0 saturated heterocycles. The zero-order valence-corrected chi connectivity index (χ0v) is 9.48. The summed E-state index contributed by atoms with van der Waals surface area (Å²) in [5, 5.41) is 17.0. The molecule has 0 aliphatic carbocycles. The van der Waals surface area contributed by atoms with Gasteiger partial charge in [-0.1, -0.05) is 0 Å². The van der Waals surface area contributed by atoms with Gasteiger partial charge in [0.1, 0.15) is 0 Å². The molecular weight excluding hydrogens is 246 g/mol. The van der Waals surface area contributed by atoms with Crippen LogP contribution in [0.3, 0.4) is 0 Å². The molecule has 0 amide bonds. The molecule has 0 atom stereocenters. The summed E-state index contributed by atoms with van der Waals surface area (Å²) >= 11 is 4.72. The van der Waals surface area contributed by atoms with E-state index in [1.807, 2.05) is 0 Å². The fourth-order valence-corrected chi connectivity index (χ4v) is 1.44. The summed E-state index contributed by atoms with van der Waals surface area (Å²) in [7, 11) is 1.36. The lowest BCUT2D eigenvalue weighted by Crippen LogP contribution is -1.94. The molecule has 17 heavy (non-hydrogen) atoms. The highest BCUT2D eigenvalue weighted by Gasteiger charge is 2.17. The topological polar surface area (TPSA) is 94.2 Å². The van der Waals surface area contributed by atoms with E-state index in [1.54, 1.807) is 6.07 Å². The molecule has 0 radical (unpaired) electrons. The lowest BCUT2D eigenvalue weighted by molar-refractivity contribution is -0.385. The number of nitro groups is 1. The van der Waals surface area contributed by atoms with Crippen molar-refractivity contribution in [1.82, 2.24) is 10.2 Å². The van der Waals surface area contributed by atoms with Crippen LogP contribution in [0.5, 0.6) is 5.75 Å². The summed E-state index contributed by atoms with van der Waals surface area (Å²) in [6, 6.07) is 4.38. The average molecular weight is 253 g/mol. The molecule has 8 heteroatoms. The van der Waals surface area contributed by atoms with Crippen molar-refractivity contribution in [2.75, 3.05) is 7.11 Å². The number of nitrogens with zero attached hydrogens (tertiary/aromatic N) is 2. The van der Waals surface area contributed by atoms with Crippen LogP contribution < -0.4 is 4.74 Å². The van der Waals surface area contributed by atoms with Crippen molar-refractivity contribution in [2.45, 2.75) is 0 Å². The minimum absolute atomic E-state index is 0.110. The van der Waals surface area contributed by atoms with Crippen LogP contribution in [0, 0.1) is 15.0 Å². The summed E-state index contributed by atoms with van der Waals surface area (Å²) in [6.07, 6.45) is 0. The number of ether oxygens (including phenoxy) is 1. The average Bonchev–Trinajstić information content (AvgIpc) is 2.75. The minimum atomic E-state index is -0.538. The fourth-order valence-electron chi connectivity index (χ4n) is 1.32. The highest BCUT2D eigenvalue weighted by Crippen LogP contribution is 2.31. The standard InChI is InChI=1S/C9H7N3O4S/c1-15-7-3-2-5(4-6(7)12(13)14)8-10-11-9(17)16-8/h2-4H,1H3,(H,11,17).